The molecule has 1 saturated carbocycles. The molecule has 1 amide bonds. The van der Waals surface area contributed by atoms with Crippen LogP contribution in [-0.4, -0.2) is 35.6 Å². The molecule has 0 atom stereocenters. The number of carbonyl (C=O) groups excluding carboxylic acids is 1. The second kappa shape index (κ2) is 10.3. The van der Waals surface area contributed by atoms with Gasteiger partial charge in [0.1, 0.15) is 17.8 Å². The van der Waals surface area contributed by atoms with E-state index in [1.807, 2.05) is 49.5 Å². The zero-order valence-corrected chi connectivity index (χ0v) is 19.9. The Kier molecular flexibility index (Phi) is 6.57. The van der Waals surface area contributed by atoms with Crippen molar-refractivity contribution in [2.24, 2.45) is 0 Å². The van der Waals surface area contributed by atoms with Crippen molar-refractivity contribution in [3.05, 3.63) is 115 Å². The van der Waals surface area contributed by atoms with Crippen LogP contribution in [0.4, 0.5) is 0 Å². The van der Waals surface area contributed by atoms with Crippen molar-refractivity contribution in [1.82, 2.24) is 35.0 Å². The van der Waals surface area contributed by atoms with Gasteiger partial charge in [0.15, 0.2) is 5.82 Å². The molecule has 36 heavy (non-hydrogen) atoms. The fourth-order valence-electron chi connectivity index (χ4n) is 3.80. The number of amides is 1. The third-order valence-electron chi connectivity index (χ3n) is 5.77. The van der Waals surface area contributed by atoms with Gasteiger partial charge in [-0.05, 0) is 67.8 Å². The predicted molar refractivity (Wildman–Crippen MR) is 138 cm³/mol. The van der Waals surface area contributed by atoms with E-state index in [1.54, 1.807) is 41.5 Å². The van der Waals surface area contributed by atoms with Crippen molar-refractivity contribution in [2.75, 3.05) is 0 Å². The Morgan fingerprint density at radius 1 is 1.08 bits per heavy atom. The van der Waals surface area contributed by atoms with Crippen molar-refractivity contribution in [3.63, 3.8) is 0 Å². The van der Waals surface area contributed by atoms with Crippen LogP contribution in [0, 0.1) is 0 Å². The number of nitrogens with zero attached hydrogens (tertiary/aromatic N) is 6. The number of hydrogen-bond donors (Lipinski definition) is 1. The Balaban J connectivity index is 1.35. The quantitative estimate of drug-likeness (QED) is 0.364. The van der Waals surface area contributed by atoms with Gasteiger partial charge < -0.3 is 5.32 Å². The number of nitrogens with one attached hydrogen (secondary N) is 1. The van der Waals surface area contributed by atoms with E-state index in [9.17, 15) is 4.79 Å². The molecule has 1 aliphatic rings. The molecule has 1 aliphatic carbocycles. The molecule has 4 aromatic rings. The summed E-state index contributed by atoms with van der Waals surface area (Å²) in [7, 11) is 0. The van der Waals surface area contributed by atoms with E-state index < -0.39 is 0 Å². The van der Waals surface area contributed by atoms with E-state index in [2.05, 4.69) is 43.1 Å². The van der Waals surface area contributed by atoms with Crippen molar-refractivity contribution in [1.29, 1.82) is 0 Å². The first kappa shape index (κ1) is 23.0. The molecular formula is C28H25N7O. The summed E-state index contributed by atoms with van der Waals surface area (Å²) in [5.74, 6) is 1.46. The van der Waals surface area contributed by atoms with Crippen LogP contribution in [0.25, 0.3) is 22.5 Å². The van der Waals surface area contributed by atoms with Crippen molar-refractivity contribution < 1.29 is 4.79 Å². The third kappa shape index (κ3) is 5.17. The number of allylic oxidation sites excluding steroid dienone is 4. The molecule has 4 heterocycles. The number of pyridine rings is 3. The predicted octanol–water partition coefficient (Wildman–Crippen LogP) is 4.90. The number of hydrogen-bond acceptors (Lipinski definition) is 6. The van der Waals surface area contributed by atoms with Gasteiger partial charge in [-0.2, -0.15) is 0 Å². The molecule has 4 aromatic heterocycles. The van der Waals surface area contributed by atoms with Gasteiger partial charge in [0, 0.05) is 47.0 Å². The Bertz CT molecular complexity index is 1450. The van der Waals surface area contributed by atoms with Gasteiger partial charge in [-0.15, -0.1) is 10.2 Å². The van der Waals surface area contributed by atoms with Gasteiger partial charge in [0.2, 0.25) is 0 Å². The summed E-state index contributed by atoms with van der Waals surface area (Å²) in [5, 5.41) is 11.1. The van der Waals surface area contributed by atoms with Gasteiger partial charge in [-0.25, -0.2) is 4.98 Å². The maximum atomic E-state index is 13.1. The normalized spacial score (nSPS) is 13.6. The van der Waals surface area contributed by atoms with E-state index in [4.69, 9.17) is 0 Å². The van der Waals surface area contributed by atoms with Gasteiger partial charge in [-0.1, -0.05) is 24.8 Å². The smallest absolute Gasteiger partial charge is 0.274 e. The van der Waals surface area contributed by atoms with E-state index in [0.29, 0.717) is 34.5 Å². The fraction of sp³-hybridized carbons (Fsp3) is 0.143. The summed E-state index contributed by atoms with van der Waals surface area (Å²) >= 11 is 0. The lowest BCUT2D eigenvalue weighted by molar-refractivity contribution is 0.0962. The Labute approximate surface area is 209 Å². The first-order chi connectivity index (χ1) is 17.6. The molecule has 178 valence electrons. The molecule has 0 spiro atoms. The zero-order valence-electron chi connectivity index (χ0n) is 19.9. The first-order valence-corrected chi connectivity index (χ1v) is 11.7. The average Bonchev–Trinajstić information content (AvgIpc) is 3.65. The molecule has 1 N–H and O–H groups in total. The van der Waals surface area contributed by atoms with Crippen LogP contribution in [-0.2, 0) is 0 Å². The minimum atomic E-state index is -0.331. The largest absolute Gasteiger partial charge is 0.321 e. The minimum Gasteiger partial charge on any atom is -0.321 e. The second-order valence-electron chi connectivity index (χ2n) is 8.47. The van der Waals surface area contributed by atoms with Gasteiger partial charge in [-0.3, -0.25) is 19.3 Å². The molecule has 1 fully saturated rings. The van der Waals surface area contributed by atoms with Crippen LogP contribution in [0.3, 0.4) is 0 Å². The lowest BCUT2D eigenvalue weighted by atomic mass is 10.1. The maximum absolute atomic E-state index is 13.1. The Morgan fingerprint density at radius 3 is 2.69 bits per heavy atom. The van der Waals surface area contributed by atoms with Crippen LogP contribution < -0.4 is 5.32 Å². The number of aromatic nitrogens is 6. The molecule has 0 bridgehead atoms. The lowest BCUT2D eigenvalue weighted by Crippen LogP contribution is -2.23. The summed E-state index contributed by atoms with van der Waals surface area (Å²) < 4.78 is 1.74. The third-order valence-corrected chi connectivity index (χ3v) is 5.77. The monoisotopic (exact) mass is 475 g/mol. The summed E-state index contributed by atoms with van der Waals surface area (Å²) in [5.41, 5.74) is 4.38. The van der Waals surface area contributed by atoms with Gasteiger partial charge in [0.05, 0.1) is 0 Å². The highest BCUT2D eigenvalue weighted by Gasteiger charge is 2.24. The molecule has 0 aliphatic heterocycles. The summed E-state index contributed by atoms with van der Waals surface area (Å²) in [6, 6.07) is 13.3. The number of carbonyl (C=O) groups is 1. The molecule has 0 unspecified atom stereocenters. The summed E-state index contributed by atoms with van der Waals surface area (Å²) in [6.45, 7) is 6.00. The second-order valence-corrected chi connectivity index (χ2v) is 8.47. The van der Waals surface area contributed by atoms with Crippen molar-refractivity contribution in [2.45, 2.75) is 25.7 Å². The molecule has 0 aromatic carbocycles. The van der Waals surface area contributed by atoms with Gasteiger partial charge in [0.25, 0.3) is 5.91 Å². The summed E-state index contributed by atoms with van der Waals surface area (Å²) in [6.07, 6.45) is 14.5. The Hall–Kier alpha value is -4.72. The average molecular weight is 476 g/mol. The van der Waals surface area contributed by atoms with Crippen LogP contribution in [0.5, 0.6) is 0 Å². The van der Waals surface area contributed by atoms with E-state index >= 15 is 0 Å². The van der Waals surface area contributed by atoms with Crippen molar-refractivity contribution in [3.8, 4) is 16.9 Å². The summed E-state index contributed by atoms with van der Waals surface area (Å²) in [4.78, 5) is 26.3. The highest BCUT2D eigenvalue weighted by molar-refractivity contribution is 5.95. The van der Waals surface area contributed by atoms with Gasteiger partial charge >= 0.3 is 0 Å². The molecular weight excluding hydrogens is 450 g/mol. The molecule has 5 rings (SSSR count). The molecule has 8 heteroatoms. The van der Waals surface area contributed by atoms with Crippen LogP contribution in [0.15, 0.2) is 97.9 Å². The minimum absolute atomic E-state index is 0.302. The van der Waals surface area contributed by atoms with Crippen LogP contribution in [0.2, 0.25) is 0 Å². The van der Waals surface area contributed by atoms with E-state index in [0.717, 1.165) is 16.8 Å². The number of rotatable bonds is 8. The van der Waals surface area contributed by atoms with Crippen LogP contribution >= 0.6 is 0 Å². The molecule has 0 saturated heterocycles. The SMILES string of the molecule is C=C(C=C(C=CC)NC(=O)c1cc(-c2ccc(C3CC3)nc2)ccn1)c1nncn1-c1ccccn1. The Morgan fingerprint density at radius 2 is 1.97 bits per heavy atom. The van der Waals surface area contributed by atoms with E-state index in [1.165, 1.54) is 12.8 Å². The topological polar surface area (TPSA) is 98.5 Å². The zero-order chi connectivity index (χ0) is 24.9. The molecule has 0 radical (unpaired) electrons. The van der Waals surface area contributed by atoms with E-state index in [-0.39, 0.29) is 5.91 Å². The highest BCUT2D eigenvalue weighted by Crippen LogP contribution is 2.39. The molecule has 8 nitrogen and oxygen atoms in total. The lowest BCUT2D eigenvalue weighted by Gasteiger charge is -2.09. The highest BCUT2D eigenvalue weighted by atomic mass is 16.1. The standard InChI is InChI=1S/C28H25N7O/c1-3-6-23(15-19(2)27-34-32-18-35(27)26-7-4-5-13-30-26)33-28(36)25-16-21(12-14-29-25)22-10-11-24(31-17-22)20-8-9-20/h3-7,10-18,20H,2,8-9H2,1H3,(H,33,36). The maximum Gasteiger partial charge on any atom is 0.274 e. The van der Waals surface area contributed by atoms with Crippen LogP contribution in [0.1, 0.15) is 47.7 Å². The first-order valence-electron chi connectivity index (χ1n) is 11.7. The fourth-order valence-corrected chi connectivity index (χ4v) is 3.80. The van der Waals surface area contributed by atoms with Crippen molar-refractivity contribution >= 4 is 11.5 Å².